The van der Waals surface area contributed by atoms with E-state index >= 15 is 0 Å². The fourth-order valence-electron chi connectivity index (χ4n) is 2.65. The molecule has 20 heavy (non-hydrogen) atoms. The van der Waals surface area contributed by atoms with Crippen molar-refractivity contribution in [1.29, 1.82) is 5.41 Å². The van der Waals surface area contributed by atoms with Crippen LogP contribution in [0.4, 0.5) is 0 Å². The Bertz CT molecular complexity index is 654. The van der Waals surface area contributed by atoms with Gasteiger partial charge < -0.3 is 9.47 Å². The molecule has 0 aromatic heterocycles. The molecule has 2 aromatic rings. The third-order valence-corrected chi connectivity index (χ3v) is 5.07. The smallest absolute Gasteiger partial charge is 0.191 e. The molecular formula is C16H13NO2Si. The highest BCUT2D eigenvalue weighted by Crippen LogP contribution is 2.21. The minimum Gasteiger partial charge on any atom is -0.493 e. The van der Waals surface area contributed by atoms with Gasteiger partial charge in [-0.3, -0.25) is 5.41 Å². The first-order valence-electron chi connectivity index (χ1n) is 6.69. The molecule has 6 heterocycles. The molecule has 3 nitrogen and oxygen atoms in total. The molecule has 0 fully saturated rings. The maximum absolute atomic E-state index is 7.99. The summed E-state index contributed by atoms with van der Waals surface area (Å²) >= 11 is 0. The van der Waals surface area contributed by atoms with Gasteiger partial charge in [-0.05, 0) is 22.4 Å². The van der Waals surface area contributed by atoms with Gasteiger partial charge in [0.25, 0.3) is 0 Å². The Kier molecular flexibility index (Phi) is 2.63. The van der Waals surface area contributed by atoms with Gasteiger partial charge >= 0.3 is 0 Å². The summed E-state index contributed by atoms with van der Waals surface area (Å²) in [5, 5.41) is 10.6. The second-order valence-electron chi connectivity index (χ2n) is 5.07. The van der Waals surface area contributed by atoms with Crippen LogP contribution in [0, 0.1) is 5.41 Å². The molecule has 98 valence electrons. The van der Waals surface area contributed by atoms with Crippen molar-refractivity contribution in [3.8, 4) is 11.5 Å². The summed E-state index contributed by atoms with van der Waals surface area (Å²) in [6.45, 7) is 0.689. The van der Waals surface area contributed by atoms with Gasteiger partial charge in [0.05, 0.1) is 6.61 Å². The number of ether oxygens (including phenoxy) is 2. The van der Waals surface area contributed by atoms with E-state index in [0.717, 1.165) is 17.7 Å². The van der Waals surface area contributed by atoms with E-state index in [1.807, 2.05) is 12.1 Å². The molecule has 0 amide bonds. The van der Waals surface area contributed by atoms with E-state index in [4.69, 9.17) is 14.9 Å². The van der Waals surface area contributed by atoms with Crippen molar-refractivity contribution in [1.82, 2.24) is 0 Å². The molecule has 0 aliphatic carbocycles. The van der Waals surface area contributed by atoms with Gasteiger partial charge in [0.1, 0.15) is 21.0 Å². The number of nitrogens with one attached hydrogen (secondary N) is 1. The van der Waals surface area contributed by atoms with Crippen LogP contribution in [0.2, 0.25) is 0 Å². The second kappa shape index (κ2) is 4.49. The summed E-state index contributed by atoms with van der Waals surface area (Å²) in [4.78, 5) is 0. The molecule has 2 radical (unpaired) electrons. The van der Waals surface area contributed by atoms with Crippen molar-refractivity contribution in [2.24, 2.45) is 0 Å². The minimum absolute atomic E-state index is 0.269. The van der Waals surface area contributed by atoms with Gasteiger partial charge in [0, 0.05) is 18.9 Å². The first-order valence-corrected chi connectivity index (χ1v) is 7.69. The predicted molar refractivity (Wildman–Crippen MR) is 79.2 cm³/mol. The van der Waals surface area contributed by atoms with Gasteiger partial charge in [-0.25, -0.2) is 0 Å². The number of hydrogen-bond acceptors (Lipinski definition) is 3. The highest BCUT2D eigenvalue weighted by atomic mass is 28.2. The van der Waals surface area contributed by atoms with E-state index in [9.17, 15) is 0 Å². The van der Waals surface area contributed by atoms with Crippen LogP contribution in [0.5, 0.6) is 11.5 Å². The zero-order chi connectivity index (χ0) is 13.5. The van der Waals surface area contributed by atoms with Crippen molar-refractivity contribution < 1.29 is 9.47 Å². The molecule has 8 rings (SSSR count). The highest BCUT2D eigenvalue weighted by Gasteiger charge is 2.17. The molecule has 0 spiro atoms. The van der Waals surface area contributed by atoms with Crippen molar-refractivity contribution in [3.63, 3.8) is 0 Å². The lowest BCUT2D eigenvalue weighted by molar-refractivity contribution is 0.323. The molecule has 4 heteroatoms. The maximum atomic E-state index is 7.99. The van der Waals surface area contributed by atoms with E-state index in [-0.39, 0.29) is 5.90 Å². The van der Waals surface area contributed by atoms with Crippen LogP contribution in [-0.2, 0) is 12.8 Å². The van der Waals surface area contributed by atoms with Crippen molar-refractivity contribution in [2.75, 3.05) is 6.61 Å². The van der Waals surface area contributed by atoms with Crippen LogP contribution in [0.1, 0.15) is 11.1 Å². The normalized spacial score (nSPS) is 16.1. The molecule has 1 N–H and O–H groups in total. The van der Waals surface area contributed by atoms with Crippen LogP contribution in [0.15, 0.2) is 36.4 Å². The Labute approximate surface area is 119 Å². The van der Waals surface area contributed by atoms with Crippen molar-refractivity contribution in [3.05, 3.63) is 47.5 Å². The quantitative estimate of drug-likeness (QED) is 0.736. The molecular weight excluding hydrogens is 266 g/mol. The Morgan fingerprint density at radius 3 is 2.90 bits per heavy atom. The lowest BCUT2D eigenvalue weighted by Crippen LogP contribution is -2.34. The van der Waals surface area contributed by atoms with Crippen molar-refractivity contribution in [2.45, 2.75) is 12.8 Å². The summed E-state index contributed by atoms with van der Waals surface area (Å²) in [5.41, 5.74) is 2.47. The van der Waals surface area contributed by atoms with Crippen LogP contribution < -0.4 is 19.8 Å². The SMILES string of the molecule is N=C1Cc2ccc3c(c2)CCOc2cc(ccc2[Si]3)O1. The Balaban J connectivity index is 1.95. The third-order valence-electron chi connectivity index (χ3n) is 3.63. The number of benzene rings is 2. The molecule has 6 bridgehead atoms. The van der Waals surface area contributed by atoms with Crippen LogP contribution in [0.25, 0.3) is 0 Å². The summed E-state index contributed by atoms with van der Waals surface area (Å²) in [7, 11) is 0.610. The zero-order valence-electron chi connectivity index (χ0n) is 10.9. The fourth-order valence-corrected chi connectivity index (χ4v) is 3.90. The topological polar surface area (TPSA) is 42.3 Å². The molecule has 0 saturated heterocycles. The lowest BCUT2D eigenvalue weighted by Gasteiger charge is -2.20. The highest BCUT2D eigenvalue weighted by molar-refractivity contribution is 6.68. The zero-order valence-corrected chi connectivity index (χ0v) is 11.9. The molecule has 0 saturated carbocycles. The standard InChI is InChI=1S/C16H13NO2Si/c17-16-8-10-1-3-14-11(7-10)5-6-18-13-9-12(19-16)2-4-15(13)20-14/h1-4,7,9,17H,5-6,8H2. The monoisotopic (exact) mass is 279 g/mol. The third kappa shape index (κ3) is 2.02. The average molecular weight is 279 g/mol. The van der Waals surface area contributed by atoms with E-state index in [0.29, 0.717) is 28.3 Å². The summed E-state index contributed by atoms with van der Waals surface area (Å²) in [6, 6.07) is 12.4. The summed E-state index contributed by atoms with van der Waals surface area (Å²) in [5.74, 6) is 1.85. The Morgan fingerprint density at radius 1 is 1.05 bits per heavy atom. The molecule has 0 unspecified atom stereocenters. The average Bonchev–Trinajstić information content (AvgIpc) is 2.39. The molecule has 2 aromatic carbocycles. The largest absolute Gasteiger partial charge is 0.493 e. The van der Waals surface area contributed by atoms with Gasteiger partial charge in [0.15, 0.2) is 5.90 Å². The van der Waals surface area contributed by atoms with Gasteiger partial charge in [0.2, 0.25) is 0 Å². The van der Waals surface area contributed by atoms with Crippen LogP contribution in [0.3, 0.4) is 0 Å². The predicted octanol–water partition coefficient (Wildman–Crippen LogP) is 1.19. The molecule has 6 aliphatic heterocycles. The minimum atomic E-state index is 0.269. The number of rotatable bonds is 0. The first kappa shape index (κ1) is 11.7. The number of hydrogen-bond donors (Lipinski definition) is 1. The van der Waals surface area contributed by atoms with E-state index in [1.54, 1.807) is 0 Å². The Morgan fingerprint density at radius 2 is 1.95 bits per heavy atom. The Hall–Kier alpha value is -2.07. The molecule has 0 atom stereocenters. The van der Waals surface area contributed by atoms with Gasteiger partial charge in [-0.15, -0.1) is 0 Å². The van der Waals surface area contributed by atoms with Crippen LogP contribution in [-0.4, -0.2) is 22.0 Å². The fraction of sp³-hybridized carbons (Fsp3) is 0.188. The van der Waals surface area contributed by atoms with Crippen LogP contribution >= 0.6 is 0 Å². The second-order valence-corrected chi connectivity index (χ2v) is 6.40. The summed E-state index contributed by atoms with van der Waals surface area (Å²) in [6.07, 6.45) is 1.46. The van der Waals surface area contributed by atoms with Gasteiger partial charge in [-0.1, -0.05) is 29.5 Å². The van der Waals surface area contributed by atoms with E-state index < -0.39 is 0 Å². The number of fused-ring (bicyclic) bond motifs is 2. The summed E-state index contributed by atoms with van der Waals surface area (Å²) < 4.78 is 11.5. The maximum Gasteiger partial charge on any atom is 0.191 e. The lowest BCUT2D eigenvalue weighted by atomic mass is 10.1. The first-order chi connectivity index (χ1) is 9.78. The van der Waals surface area contributed by atoms with Gasteiger partial charge in [-0.2, -0.15) is 0 Å². The van der Waals surface area contributed by atoms with E-state index in [1.165, 1.54) is 15.9 Å². The van der Waals surface area contributed by atoms with Crippen molar-refractivity contribution >= 4 is 25.8 Å². The molecule has 6 aliphatic rings. The van der Waals surface area contributed by atoms with E-state index in [2.05, 4.69) is 24.3 Å².